The summed E-state index contributed by atoms with van der Waals surface area (Å²) in [5, 5.41) is 9.72. The molecule has 0 unspecified atom stereocenters. The zero-order valence-corrected chi connectivity index (χ0v) is 16.5. The van der Waals surface area contributed by atoms with Gasteiger partial charge in [0.15, 0.2) is 0 Å². The number of ether oxygens (including phenoxy) is 1. The first kappa shape index (κ1) is 20.1. The van der Waals surface area contributed by atoms with Crippen LogP contribution < -0.4 is 5.56 Å². The number of aromatic nitrogens is 1. The highest BCUT2D eigenvalue weighted by molar-refractivity contribution is 5.94. The van der Waals surface area contributed by atoms with Crippen molar-refractivity contribution in [3.63, 3.8) is 0 Å². The molecule has 1 aromatic heterocycles. The summed E-state index contributed by atoms with van der Waals surface area (Å²) in [5.74, 6) is -1.44. The van der Waals surface area contributed by atoms with Crippen molar-refractivity contribution < 1.29 is 19.4 Å². The van der Waals surface area contributed by atoms with Crippen molar-refractivity contribution in [2.45, 2.75) is 13.0 Å². The van der Waals surface area contributed by atoms with Crippen LogP contribution in [0.25, 0.3) is 10.9 Å². The van der Waals surface area contributed by atoms with Crippen molar-refractivity contribution >= 4 is 22.8 Å². The predicted octanol–water partition coefficient (Wildman–Crippen LogP) is 4.17. The Labute approximate surface area is 177 Å². The summed E-state index contributed by atoms with van der Waals surface area (Å²) < 4.78 is 5.38. The van der Waals surface area contributed by atoms with E-state index in [1.54, 1.807) is 36.4 Å². The predicted molar refractivity (Wildman–Crippen MR) is 116 cm³/mol. The Morgan fingerprint density at radius 2 is 1.55 bits per heavy atom. The van der Waals surface area contributed by atoms with E-state index in [4.69, 9.17) is 9.84 Å². The summed E-state index contributed by atoms with van der Waals surface area (Å²) in [6, 6.07) is 22.5. The monoisotopic (exact) mass is 413 g/mol. The first-order chi connectivity index (χ1) is 15.0. The Hall–Kier alpha value is -4.19. The molecule has 0 radical (unpaired) electrons. The molecule has 4 aromatic rings. The topological polar surface area (TPSA) is 96.5 Å². The minimum absolute atomic E-state index is 0.181. The fourth-order valence-corrected chi connectivity index (χ4v) is 3.30. The number of pyridine rings is 1. The first-order valence-corrected chi connectivity index (χ1v) is 9.69. The van der Waals surface area contributed by atoms with E-state index in [9.17, 15) is 14.4 Å². The standard InChI is InChI=1S/C25H19NO5/c27-23-21(12-16-6-8-18(9-7-16)24(28)29)14-20-13-19(10-11-22(20)26-23)25(30)31-15-17-4-2-1-3-5-17/h1-11,13-14H,12,15H2,(H,26,27)(H,28,29). The number of aromatic carboxylic acids is 1. The third kappa shape index (κ3) is 4.70. The molecule has 6 heteroatoms. The number of carboxylic acids is 1. The van der Waals surface area contributed by atoms with Crippen LogP contribution in [0.15, 0.2) is 83.7 Å². The fraction of sp³-hybridized carbons (Fsp3) is 0.0800. The average Bonchev–Trinajstić information content (AvgIpc) is 2.78. The molecule has 2 N–H and O–H groups in total. The van der Waals surface area contributed by atoms with Crippen LogP contribution >= 0.6 is 0 Å². The Bertz CT molecular complexity index is 1310. The lowest BCUT2D eigenvalue weighted by molar-refractivity contribution is 0.0472. The number of aromatic amines is 1. The quantitative estimate of drug-likeness (QED) is 0.463. The fourth-order valence-electron chi connectivity index (χ4n) is 3.30. The minimum Gasteiger partial charge on any atom is -0.478 e. The van der Waals surface area contributed by atoms with E-state index in [1.165, 1.54) is 12.1 Å². The highest BCUT2D eigenvalue weighted by Crippen LogP contribution is 2.17. The molecular weight excluding hydrogens is 394 g/mol. The number of hydrogen-bond acceptors (Lipinski definition) is 4. The summed E-state index contributed by atoms with van der Waals surface area (Å²) in [6.45, 7) is 0.181. The molecule has 0 aliphatic rings. The Kier molecular flexibility index (Phi) is 5.62. The number of benzene rings is 3. The largest absolute Gasteiger partial charge is 0.478 e. The third-order valence-electron chi connectivity index (χ3n) is 4.97. The van der Waals surface area contributed by atoms with Gasteiger partial charge >= 0.3 is 11.9 Å². The van der Waals surface area contributed by atoms with Crippen LogP contribution in [-0.4, -0.2) is 22.0 Å². The van der Waals surface area contributed by atoms with Gasteiger partial charge in [-0.15, -0.1) is 0 Å². The highest BCUT2D eigenvalue weighted by atomic mass is 16.5. The van der Waals surface area contributed by atoms with Gasteiger partial charge in [-0.1, -0.05) is 42.5 Å². The van der Waals surface area contributed by atoms with Crippen LogP contribution in [0.4, 0.5) is 0 Å². The van der Waals surface area contributed by atoms with Gasteiger partial charge < -0.3 is 14.8 Å². The van der Waals surface area contributed by atoms with Crippen LogP contribution in [0, 0.1) is 0 Å². The number of nitrogens with one attached hydrogen (secondary N) is 1. The number of fused-ring (bicyclic) bond motifs is 1. The maximum atomic E-state index is 12.4. The van der Waals surface area contributed by atoms with Crippen molar-refractivity contribution in [2.75, 3.05) is 0 Å². The summed E-state index contributed by atoms with van der Waals surface area (Å²) in [5.41, 5.74) is 3.21. The number of rotatable bonds is 6. The minimum atomic E-state index is -0.998. The molecule has 0 saturated carbocycles. The van der Waals surface area contributed by atoms with Crippen LogP contribution in [0.3, 0.4) is 0 Å². The van der Waals surface area contributed by atoms with Gasteiger partial charge in [-0.25, -0.2) is 9.59 Å². The van der Waals surface area contributed by atoms with Gasteiger partial charge in [0, 0.05) is 17.5 Å². The van der Waals surface area contributed by atoms with Gasteiger partial charge in [0.25, 0.3) is 5.56 Å². The lowest BCUT2D eigenvalue weighted by Crippen LogP contribution is -2.13. The number of esters is 1. The molecule has 0 bridgehead atoms. The van der Waals surface area contributed by atoms with Crippen molar-refractivity contribution in [3.05, 3.63) is 117 Å². The van der Waals surface area contributed by atoms with Crippen LogP contribution in [0.1, 0.15) is 37.4 Å². The van der Waals surface area contributed by atoms with Crippen molar-refractivity contribution in [2.24, 2.45) is 0 Å². The second-order valence-corrected chi connectivity index (χ2v) is 7.17. The van der Waals surface area contributed by atoms with E-state index in [0.29, 0.717) is 28.5 Å². The molecule has 0 fully saturated rings. The summed E-state index contributed by atoms with van der Waals surface area (Å²) in [7, 11) is 0. The van der Waals surface area contributed by atoms with Gasteiger partial charge in [0.1, 0.15) is 6.61 Å². The molecule has 0 aliphatic carbocycles. The average molecular weight is 413 g/mol. The molecule has 0 atom stereocenters. The van der Waals surface area contributed by atoms with E-state index >= 15 is 0 Å². The molecular formula is C25H19NO5. The van der Waals surface area contributed by atoms with Crippen LogP contribution in [-0.2, 0) is 17.8 Å². The molecule has 0 aliphatic heterocycles. The molecule has 4 rings (SSSR count). The molecule has 0 saturated heterocycles. The number of carbonyl (C=O) groups excluding carboxylic acids is 1. The molecule has 3 aromatic carbocycles. The summed E-state index contributed by atoms with van der Waals surface area (Å²) >= 11 is 0. The Morgan fingerprint density at radius 3 is 2.26 bits per heavy atom. The number of hydrogen-bond donors (Lipinski definition) is 2. The normalized spacial score (nSPS) is 10.7. The molecule has 0 spiro atoms. The van der Waals surface area contributed by atoms with E-state index < -0.39 is 11.9 Å². The van der Waals surface area contributed by atoms with Crippen LogP contribution in [0.2, 0.25) is 0 Å². The van der Waals surface area contributed by atoms with Crippen molar-refractivity contribution in [1.82, 2.24) is 4.98 Å². The van der Waals surface area contributed by atoms with Crippen molar-refractivity contribution in [3.8, 4) is 0 Å². The summed E-state index contributed by atoms with van der Waals surface area (Å²) in [4.78, 5) is 38.7. The van der Waals surface area contributed by atoms with E-state index in [0.717, 1.165) is 11.1 Å². The van der Waals surface area contributed by atoms with Crippen molar-refractivity contribution in [1.29, 1.82) is 0 Å². The second-order valence-electron chi connectivity index (χ2n) is 7.17. The molecule has 0 amide bonds. The lowest BCUT2D eigenvalue weighted by Gasteiger charge is -2.08. The van der Waals surface area contributed by atoms with Crippen LogP contribution in [0.5, 0.6) is 0 Å². The Morgan fingerprint density at radius 1 is 0.839 bits per heavy atom. The van der Waals surface area contributed by atoms with Gasteiger partial charge in [-0.2, -0.15) is 0 Å². The zero-order chi connectivity index (χ0) is 21.8. The molecule has 154 valence electrons. The number of carbonyl (C=O) groups is 2. The van der Waals surface area contributed by atoms with E-state index in [-0.39, 0.29) is 17.7 Å². The lowest BCUT2D eigenvalue weighted by atomic mass is 10.0. The van der Waals surface area contributed by atoms with E-state index in [1.807, 2.05) is 30.3 Å². The Balaban J connectivity index is 1.55. The highest BCUT2D eigenvalue weighted by Gasteiger charge is 2.11. The maximum absolute atomic E-state index is 12.4. The van der Waals surface area contributed by atoms with Gasteiger partial charge in [0.2, 0.25) is 0 Å². The zero-order valence-electron chi connectivity index (χ0n) is 16.5. The van der Waals surface area contributed by atoms with Gasteiger partial charge in [0.05, 0.1) is 11.1 Å². The van der Waals surface area contributed by atoms with Gasteiger partial charge in [-0.3, -0.25) is 4.79 Å². The van der Waals surface area contributed by atoms with Gasteiger partial charge in [-0.05, 0) is 52.9 Å². The smallest absolute Gasteiger partial charge is 0.338 e. The molecule has 6 nitrogen and oxygen atoms in total. The first-order valence-electron chi connectivity index (χ1n) is 9.69. The molecule has 31 heavy (non-hydrogen) atoms. The number of carboxylic acid groups (broad SMARTS) is 1. The number of H-pyrrole nitrogens is 1. The summed E-state index contributed by atoms with van der Waals surface area (Å²) in [6.07, 6.45) is 0.341. The molecule has 1 heterocycles. The second kappa shape index (κ2) is 8.67. The maximum Gasteiger partial charge on any atom is 0.338 e. The SMILES string of the molecule is O=C(O)c1ccc(Cc2cc3cc(C(=O)OCc4ccccc4)ccc3[nH]c2=O)cc1. The third-order valence-corrected chi connectivity index (χ3v) is 4.97. The van der Waals surface area contributed by atoms with E-state index in [2.05, 4.69) is 4.98 Å².